The maximum Gasteiger partial charge on any atom is 0.257 e. The Morgan fingerprint density at radius 2 is 1.49 bits per heavy atom. The average Bonchev–Trinajstić information content (AvgIpc) is 3.33. The first kappa shape index (κ1) is 29.3. The van der Waals surface area contributed by atoms with Gasteiger partial charge in [0.05, 0.1) is 102 Å². The van der Waals surface area contributed by atoms with Crippen LogP contribution in [0.4, 0.5) is 11.6 Å². The van der Waals surface area contributed by atoms with Crippen molar-refractivity contribution < 1.29 is 4.79 Å². The monoisotopic (exact) mass is 513 g/mol. The first-order valence-corrected chi connectivity index (χ1v) is 12.1. The maximum absolute atomic E-state index is 13.3. The molecule has 3 aromatic heterocycles. The van der Waals surface area contributed by atoms with Gasteiger partial charge in [0, 0.05) is 29.8 Å². The molecule has 1 aromatic carbocycles. The highest BCUT2D eigenvalue weighted by molar-refractivity contribution is 6.71. The lowest BCUT2D eigenvalue weighted by Gasteiger charge is -2.79. The molecule has 176 valence electrons. The molecule has 0 atom stereocenters. The van der Waals surface area contributed by atoms with Gasteiger partial charge in [0.15, 0.2) is 5.82 Å². The molecule has 0 aliphatic carbocycles. The standard InChI is InChI=1S/C23H13B10N7O/c1-39-10-34-9-15(39)11-2-3-14-13(6-11)7-16(38-37-14)36-18(41)12-4-5-35-17(8-12)40-22(30,31)20(26,27)19(24,25)21(28,29)23(40,32)33/h2-10H,1H3,(H,36,38,41). The Morgan fingerprint density at radius 3 is 2.10 bits per heavy atom. The SMILES string of the molecule is [B]C1([B])N(c2cc(C(=O)Nc3cc4cc(-c5cncn5C)ccc4nn3)ccn2)C([B])([B])C([B])([B])C([B])([B])C1([B])[B]. The summed E-state index contributed by atoms with van der Waals surface area (Å²) in [5.41, 5.74) is 2.52. The van der Waals surface area contributed by atoms with E-state index in [0.29, 0.717) is 5.52 Å². The molecular weight excluding hydrogens is 498 g/mol. The topological polar surface area (TPSA) is 88.8 Å². The summed E-state index contributed by atoms with van der Waals surface area (Å²) < 4.78 is 1.89. The van der Waals surface area contributed by atoms with Crippen molar-refractivity contribution in [3.63, 3.8) is 0 Å². The number of amides is 1. The van der Waals surface area contributed by atoms with Gasteiger partial charge in [-0.1, -0.05) is 6.07 Å². The number of hydrogen-bond acceptors (Lipinski definition) is 6. The Kier molecular flexibility index (Phi) is 6.75. The number of rotatable bonds is 4. The summed E-state index contributed by atoms with van der Waals surface area (Å²) in [6.07, 6.45) is 4.72. The van der Waals surface area contributed by atoms with Crippen LogP contribution >= 0.6 is 0 Å². The van der Waals surface area contributed by atoms with Crippen LogP contribution in [-0.2, 0) is 7.05 Å². The van der Waals surface area contributed by atoms with Gasteiger partial charge >= 0.3 is 0 Å². The minimum Gasteiger partial charge on any atom is -0.382 e. The number of hydrogen-bond donors (Lipinski definition) is 1. The molecule has 0 unspecified atom stereocenters. The smallest absolute Gasteiger partial charge is 0.257 e. The van der Waals surface area contributed by atoms with E-state index < -0.39 is 32.2 Å². The average molecular weight is 512 g/mol. The highest BCUT2D eigenvalue weighted by Gasteiger charge is 2.64. The van der Waals surface area contributed by atoms with Gasteiger partial charge < -0.3 is 14.8 Å². The first-order chi connectivity index (χ1) is 18.9. The van der Waals surface area contributed by atoms with Crippen LogP contribution in [-0.4, -0.2) is 120 Å². The number of anilines is 2. The van der Waals surface area contributed by atoms with Crippen LogP contribution < -0.4 is 10.2 Å². The number of nitrogens with zero attached hydrogens (tertiary/aromatic N) is 6. The molecule has 1 N–H and O–H groups in total. The predicted octanol–water partition coefficient (Wildman–Crippen LogP) is -1.16. The fourth-order valence-electron chi connectivity index (χ4n) is 4.83. The third-order valence-electron chi connectivity index (χ3n) is 7.61. The zero-order valence-electron chi connectivity index (χ0n) is 22.1. The second kappa shape index (κ2) is 9.43. The Morgan fingerprint density at radius 1 is 0.829 bits per heavy atom. The van der Waals surface area contributed by atoms with Crippen molar-refractivity contribution in [2.24, 2.45) is 7.05 Å². The van der Waals surface area contributed by atoms with E-state index in [1.165, 1.54) is 18.3 Å². The fourth-order valence-corrected chi connectivity index (χ4v) is 4.83. The molecule has 1 aliphatic rings. The molecule has 18 heteroatoms. The van der Waals surface area contributed by atoms with E-state index in [9.17, 15) is 4.79 Å². The zero-order chi connectivity index (χ0) is 30.2. The fraction of sp³-hybridized carbons (Fsp3) is 0.261. The lowest BCUT2D eigenvalue weighted by atomic mass is 9.05. The Balaban J connectivity index is 1.48. The molecule has 41 heavy (non-hydrogen) atoms. The zero-order valence-corrected chi connectivity index (χ0v) is 22.1. The lowest BCUT2D eigenvalue weighted by Crippen LogP contribution is -2.81. The van der Waals surface area contributed by atoms with Crippen molar-refractivity contribution >= 4 is 107 Å². The van der Waals surface area contributed by atoms with Gasteiger partial charge in [-0.15, -0.1) is 25.8 Å². The van der Waals surface area contributed by atoms with Gasteiger partial charge in [0.1, 0.15) is 5.82 Å². The van der Waals surface area contributed by atoms with Gasteiger partial charge in [-0.25, -0.2) is 9.97 Å². The molecule has 4 heterocycles. The van der Waals surface area contributed by atoms with E-state index in [0.717, 1.165) is 21.5 Å². The van der Waals surface area contributed by atoms with Crippen LogP contribution in [0, 0.1) is 0 Å². The summed E-state index contributed by atoms with van der Waals surface area (Å²) in [4.78, 5) is 22.5. The summed E-state index contributed by atoms with van der Waals surface area (Å²) in [5.74, 6) is -0.553. The Hall–Kier alpha value is -3.16. The molecule has 1 saturated heterocycles. The van der Waals surface area contributed by atoms with Crippen LogP contribution in [0.1, 0.15) is 10.4 Å². The van der Waals surface area contributed by atoms with E-state index in [1.807, 2.05) is 29.8 Å². The van der Waals surface area contributed by atoms with Crippen LogP contribution in [0.5, 0.6) is 0 Å². The number of aryl methyl sites for hydroxylation is 1. The minimum atomic E-state index is -2.37. The van der Waals surface area contributed by atoms with Crippen molar-refractivity contribution in [2.45, 2.75) is 26.3 Å². The van der Waals surface area contributed by atoms with Gasteiger partial charge in [-0.05, 0) is 41.0 Å². The van der Waals surface area contributed by atoms with Crippen molar-refractivity contribution in [1.82, 2.24) is 24.7 Å². The van der Waals surface area contributed by atoms with Crippen molar-refractivity contribution in [2.75, 3.05) is 10.2 Å². The molecule has 0 saturated carbocycles. The third-order valence-corrected chi connectivity index (χ3v) is 7.61. The molecule has 1 amide bonds. The quantitative estimate of drug-likeness (QED) is 0.348. The molecule has 0 spiro atoms. The largest absolute Gasteiger partial charge is 0.382 e. The summed E-state index contributed by atoms with van der Waals surface area (Å²) in [5, 5.41) is -0.123. The van der Waals surface area contributed by atoms with Gasteiger partial charge in [0.25, 0.3) is 5.91 Å². The number of imidazole rings is 1. The van der Waals surface area contributed by atoms with E-state index in [-0.39, 0.29) is 17.2 Å². The highest BCUT2D eigenvalue weighted by atomic mass is 16.1. The number of carbonyl (C=O) groups excluding carboxylic acids is 1. The van der Waals surface area contributed by atoms with Crippen LogP contribution in [0.3, 0.4) is 0 Å². The third kappa shape index (κ3) is 4.23. The van der Waals surface area contributed by atoms with Gasteiger partial charge in [-0.3, -0.25) is 4.79 Å². The molecule has 4 aromatic rings. The summed E-state index contributed by atoms with van der Waals surface area (Å²) in [7, 11) is 64.1. The van der Waals surface area contributed by atoms with Gasteiger partial charge in [-0.2, -0.15) is 0 Å². The number of nitrogens with one attached hydrogen (secondary N) is 1. The normalized spacial score (nSPS) is 19.9. The van der Waals surface area contributed by atoms with E-state index in [2.05, 4.69) is 25.5 Å². The molecule has 1 aliphatic heterocycles. The summed E-state index contributed by atoms with van der Waals surface area (Å²) in [6.45, 7) is 0. The Bertz CT molecular complexity index is 1640. The molecule has 5 rings (SSSR count). The first-order valence-electron chi connectivity index (χ1n) is 12.1. The number of carbonyl (C=O) groups is 1. The van der Waals surface area contributed by atoms with Gasteiger partial charge in [0.2, 0.25) is 0 Å². The Labute approximate surface area is 251 Å². The molecule has 8 nitrogen and oxygen atoms in total. The summed E-state index contributed by atoms with van der Waals surface area (Å²) in [6, 6.07) is 10.0. The minimum absolute atomic E-state index is 0.0729. The van der Waals surface area contributed by atoms with E-state index >= 15 is 0 Å². The number of fused-ring (bicyclic) bond motifs is 1. The molecule has 20 radical (unpaired) electrons. The van der Waals surface area contributed by atoms with Crippen LogP contribution in [0.15, 0.2) is 55.1 Å². The second-order valence-electron chi connectivity index (χ2n) is 10.3. The maximum atomic E-state index is 13.3. The van der Waals surface area contributed by atoms with Crippen molar-refractivity contribution in [1.29, 1.82) is 0 Å². The van der Waals surface area contributed by atoms with Crippen molar-refractivity contribution in [3.8, 4) is 11.3 Å². The number of piperidine rings is 1. The second-order valence-corrected chi connectivity index (χ2v) is 10.3. The van der Waals surface area contributed by atoms with E-state index in [1.54, 1.807) is 18.6 Å². The summed E-state index contributed by atoms with van der Waals surface area (Å²) >= 11 is 0. The molecule has 1 fully saturated rings. The molecular formula is C23H13B10N7O. The number of aromatic nitrogens is 5. The number of pyridine rings is 1. The molecule has 0 bridgehead atoms. The lowest BCUT2D eigenvalue weighted by molar-refractivity contribution is 0.102. The van der Waals surface area contributed by atoms with Crippen LogP contribution in [0.2, 0.25) is 15.6 Å². The predicted molar refractivity (Wildman–Crippen MR) is 167 cm³/mol. The van der Waals surface area contributed by atoms with E-state index in [4.69, 9.17) is 78.5 Å². The van der Waals surface area contributed by atoms with Crippen LogP contribution in [0.25, 0.3) is 22.2 Å². The van der Waals surface area contributed by atoms with Crippen molar-refractivity contribution in [3.05, 3.63) is 60.7 Å². The highest BCUT2D eigenvalue weighted by Crippen LogP contribution is 2.69. The number of benzene rings is 1.